The van der Waals surface area contributed by atoms with E-state index in [1.807, 2.05) is 0 Å². The molecule has 98 valence electrons. The second kappa shape index (κ2) is 5.25. The number of hydrogen-bond donors (Lipinski definition) is 3. The molecule has 8 heteroatoms. The highest BCUT2D eigenvalue weighted by Gasteiger charge is 2.20. The minimum Gasteiger partial charge on any atom is -0.476 e. The van der Waals surface area contributed by atoms with Gasteiger partial charge in [0.1, 0.15) is 5.71 Å². The second-order valence-electron chi connectivity index (χ2n) is 3.75. The van der Waals surface area contributed by atoms with Gasteiger partial charge >= 0.3 is 5.97 Å². The molecule has 0 unspecified atom stereocenters. The van der Waals surface area contributed by atoms with Crippen LogP contribution in [0.5, 0.6) is 0 Å². The smallest absolute Gasteiger partial charge is 0.356 e. The van der Waals surface area contributed by atoms with Crippen LogP contribution >= 0.6 is 0 Å². The average molecular weight is 262 g/mol. The van der Waals surface area contributed by atoms with Crippen molar-refractivity contribution in [2.24, 2.45) is 5.10 Å². The Bertz CT molecular complexity index is 582. The van der Waals surface area contributed by atoms with Crippen LogP contribution in [0, 0.1) is 0 Å². The number of nitrogens with one attached hydrogen (secondary N) is 2. The van der Waals surface area contributed by atoms with Gasteiger partial charge in [-0.15, -0.1) is 0 Å². The maximum absolute atomic E-state index is 11.8. The summed E-state index contributed by atoms with van der Waals surface area (Å²) in [7, 11) is 0. The van der Waals surface area contributed by atoms with Crippen molar-refractivity contribution in [3.63, 3.8) is 0 Å². The summed E-state index contributed by atoms with van der Waals surface area (Å²) >= 11 is 0. The number of carbonyl (C=O) groups is 3. The lowest BCUT2D eigenvalue weighted by atomic mass is 10.1. The predicted octanol–water partition coefficient (Wildman–Crippen LogP) is -0.0157. The second-order valence-corrected chi connectivity index (χ2v) is 3.75. The Kier molecular flexibility index (Phi) is 3.51. The molecule has 0 fully saturated rings. The molecule has 0 bridgehead atoms. The van der Waals surface area contributed by atoms with Gasteiger partial charge in [0.05, 0.1) is 5.69 Å². The topological polar surface area (TPSA) is 121 Å². The van der Waals surface area contributed by atoms with Gasteiger partial charge < -0.3 is 10.4 Å². The first-order valence-electron chi connectivity index (χ1n) is 5.43. The molecule has 1 aliphatic heterocycles. The van der Waals surface area contributed by atoms with Crippen LogP contribution < -0.4 is 10.7 Å². The molecule has 19 heavy (non-hydrogen) atoms. The lowest BCUT2D eigenvalue weighted by Crippen LogP contribution is -2.33. The average Bonchev–Trinajstić information content (AvgIpc) is 2.39. The van der Waals surface area contributed by atoms with Gasteiger partial charge in [-0.05, 0) is 12.1 Å². The molecule has 0 aromatic carbocycles. The lowest BCUT2D eigenvalue weighted by Gasteiger charge is -2.12. The van der Waals surface area contributed by atoms with Gasteiger partial charge in [0.2, 0.25) is 5.91 Å². The number of carboxylic acids is 1. The van der Waals surface area contributed by atoms with E-state index >= 15 is 0 Å². The molecule has 2 amide bonds. The number of carboxylic acid groups (broad SMARTS) is 1. The molecule has 0 saturated carbocycles. The molecule has 0 saturated heterocycles. The Balaban J connectivity index is 2.16. The number of rotatable bonds is 3. The van der Waals surface area contributed by atoms with Crippen LogP contribution in [0.25, 0.3) is 0 Å². The summed E-state index contributed by atoms with van der Waals surface area (Å²) in [5, 5.41) is 15.0. The zero-order chi connectivity index (χ0) is 13.8. The highest BCUT2D eigenvalue weighted by molar-refractivity contribution is 6.43. The SMILES string of the molecule is O=C1CCC(C(=O)Nc2cccnc2C(=O)O)=NN1. The van der Waals surface area contributed by atoms with Crippen molar-refractivity contribution in [2.45, 2.75) is 12.8 Å². The van der Waals surface area contributed by atoms with Gasteiger partial charge in [0.25, 0.3) is 5.91 Å². The zero-order valence-corrected chi connectivity index (χ0v) is 9.71. The third kappa shape index (κ3) is 2.92. The largest absolute Gasteiger partial charge is 0.476 e. The van der Waals surface area contributed by atoms with Crippen molar-refractivity contribution in [1.29, 1.82) is 0 Å². The first kappa shape index (κ1) is 12.7. The third-order valence-electron chi connectivity index (χ3n) is 2.43. The van der Waals surface area contributed by atoms with Crippen molar-refractivity contribution < 1.29 is 19.5 Å². The fourth-order valence-corrected chi connectivity index (χ4v) is 1.51. The van der Waals surface area contributed by atoms with Gasteiger partial charge in [0, 0.05) is 19.0 Å². The Morgan fingerprint density at radius 2 is 2.16 bits per heavy atom. The van der Waals surface area contributed by atoms with Crippen LogP contribution in [-0.2, 0) is 9.59 Å². The van der Waals surface area contributed by atoms with Crippen molar-refractivity contribution in [2.75, 3.05) is 5.32 Å². The Labute approximate surface area is 107 Å². The minimum absolute atomic E-state index is 0.0830. The van der Waals surface area contributed by atoms with Crippen LogP contribution in [0.3, 0.4) is 0 Å². The number of aromatic nitrogens is 1. The van der Waals surface area contributed by atoms with Gasteiger partial charge in [-0.2, -0.15) is 5.10 Å². The van der Waals surface area contributed by atoms with Crippen LogP contribution in [0.1, 0.15) is 23.3 Å². The van der Waals surface area contributed by atoms with Crippen molar-refractivity contribution >= 4 is 29.2 Å². The number of aromatic carboxylic acids is 1. The summed E-state index contributed by atoms with van der Waals surface area (Å²) in [4.78, 5) is 37.3. The standard InChI is InChI=1S/C11H10N4O4/c16-8-4-3-7(14-15-8)10(17)13-6-2-1-5-12-9(6)11(18)19/h1-2,5H,3-4H2,(H,13,17)(H,15,16)(H,18,19). The molecule has 2 heterocycles. The number of nitrogens with zero attached hydrogens (tertiary/aromatic N) is 2. The van der Waals surface area contributed by atoms with Gasteiger partial charge in [-0.25, -0.2) is 15.2 Å². The number of carbonyl (C=O) groups excluding carboxylic acids is 2. The Morgan fingerprint density at radius 1 is 1.37 bits per heavy atom. The quantitative estimate of drug-likeness (QED) is 0.707. The third-order valence-corrected chi connectivity index (χ3v) is 2.43. The lowest BCUT2D eigenvalue weighted by molar-refractivity contribution is -0.121. The van der Waals surface area contributed by atoms with Crippen LogP contribution in [0.2, 0.25) is 0 Å². The summed E-state index contributed by atoms with van der Waals surface area (Å²) < 4.78 is 0. The van der Waals surface area contributed by atoms with E-state index < -0.39 is 11.9 Å². The van der Waals surface area contributed by atoms with E-state index in [2.05, 4.69) is 20.8 Å². The molecule has 0 aliphatic carbocycles. The van der Waals surface area contributed by atoms with Crippen molar-refractivity contribution in [3.05, 3.63) is 24.0 Å². The number of pyridine rings is 1. The van der Waals surface area contributed by atoms with E-state index in [1.54, 1.807) is 0 Å². The van der Waals surface area contributed by atoms with E-state index in [9.17, 15) is 14.4 Å². The highest BCUT2D eigenvalue weighted by atomic mass is 16.4. The molecule has 2 rings (SSSR count). The van der Waals surface area contributed by atoms with Crippen LogP contribution in [0.4, 0.5) is 5.69 Å². The van der Waals surface area contributed by atoms with Gasteiger partial charge in [0.15, 0.2) is 5.69 Å². The summed E-state index contributed by atoms with van der Waals surface area (Å²) in [6.45, 7) is 0. The molecule has 3 N–H and O–H groups in total. The molecule has 1 aromatic heterocycles. The van der Waals surface area contributed by atoms with E-state index in [0.717, 1.165) is 0 Å². The number of anilines is 1. The zero-order valence-electron chi connectivity index (χ0n) is 9.71. The summed E-state index contributed by atoms with van der Waals surface area (Å²) in [5.41, 5.74) is 2.16. The minimum atomic E-state index is -1.24. The predicted molar refractivity (Wildman–Crippen MR) is 64.6 cm³/mol. The molecule has 1 aliphatic rings. The molecule has 0 spiro atoms. The van der Waals surface area contributed by atoms with E-state index in [0.29, 0.717) is 0 Å². The molecule has 1 aromatic rings. The monoisotopic (exact) mass is 262 g/mol. The van der Waals surface area contributed by atoms with Crippen LogP contribution in [-0.4, -0.2) is 33.6 Å². The van der Waals surface area contributed by atoms with Crippen LogP contribution in [0.15, 0.2) is 23.4 Å². The number of hydrogen-bond acceptors (Lipinski definition) is 5. The molecule has 8 nitrogen and oxygen atoms in total. The molecule has 0 atom stereocenters. The summed E-state index contributed by atoms with van der Waals surface area (Å²) in [5.74, 6) is -2.06. The Hall–Kier alpha value is -2.77. The first-order chi connectivity index (χ1) is 9.08. The fraction of sp³-hybridized carbons (Fsp3) is 0.182. The fourth-order valence-electron chi connectivity index (χ4n) is 1.51. The van der Waals surface area contributed by atoms with Crippen molar-refractivity contribution in [1.82, 2.24) is 10.4 Å². The number of hydrazone groups is 1. The van der Waals surface area contributed by atoms with E-state index in [-0.39, 0.29) is 35.8 Å². The number of amides is 2. The molecule has 0 radical (unpaired) electrons. The summed E-state index contributed by atoms with van der Waals surface area (Å²) in [6.07, 6.45) is 1.70. The van der Waals surface area contributed by atoms with Crippen molar-refractivity contribution in [3.8, 4) is 0 Å². The van der Waals surface area contributed by atoms with Gasteiger partial charge in [-0.3, -0.25) is 9.59 Å². The first-order valence-corrected chi connectivity index (χ1v) is 5.43. The Morgan fingerprint density at radius 3 is 2.79 bits per heavy atom. The molecular formula is C11H10N4O4. The molecular weight excluding hydrogens is 252 g/mol. The highest BCUT2D eigenvalue weighted by Crippen LogP contribution is 2.13. The van der Waals surface area contributed by atoms with E-state index in [1.165, 1.54) is 18.3 Å². The normalized spacial score (nSPS) is 14.3. The van der Waals surface area contributed by atoms with Gasteiger partial charge in [-0.1, -0.05) is 0 Å². The van der Waals surface area contributed by atoms with E-state index in [4.69, 9.17) is 5.11 Å². The summed E-state index contributed by atoms with van der Waals surface area (Å²) in [6, 6.07) is 2.93. The maximum Gasteiger partial charge on any atom is 0.356 e. The maximum atomic E-state index is 11.8.